The third kappa shape index (κ3) is 2.24. The molecule has 70 valence electrons. The second-order valence-corrected chi connectivity index (χ2v) is 3.90. The van der Waals surface area contributed by atoms with Crippen molar-refractivity contribution in [2.75, 3.05) is 26.8 Å². The molecule has 1 aliphatic heterocycles. The standard InChI is InChI=1S/C10H21N2/c1-4-6-8-12(3)9-7-11(5-2)10-12/h7,9H,4-6,8,10H2,1-3H3/q+1. The van der Waals surface area contributed by atoms with E-state index in [1.54, 1.807) is 0 Å². The molecule has 0 aromatic carbocycles. The molecule has 1 aliphatic rings. The number of unbranched alkanes of at least 4 members (excludes halogenated alkanes) is 1. The summed E-state index contributed by atoms with van der Waals surface area (Å²) in [5.41, 5.74) is 0. The molecule has 2 nitrogen and oxygen atoms in total. The second-order valence-electron chi connectivity index (χ2n) is 3.90. The van der Waals surface area contributed by atoms with Gasteiger partial charge in [0.15, 0.2) is 6.67 Å². The molecule has 2 heteroatoms. The molecule has 0 aromatic heterocycles. The fourth-order valence-electron chi connectivity index (χ4n) is 1.63. The molecule has 1 rings (SSSR count). The molecule has 1 atom stereocenters. The summed E-state index contributed by atoms with van der Waals surface area (Å²) in [6, 6.07) is 0. The van der Waals surface area contributed by atoms with Gasteiger partial charge in [-0.2, -0.15) is 0 Å². The summed E-state index contributed by atoms with van der Waals surface area (Å²) in [7, 11) is 2.31. The molecule has 0 spiro atoms. The Labute approximate surface area is 76.1 Å². The highest BCUT2D eigenvalue weighted by Crippen LogP contribution is 2.15. The first-order valence-electron chi connectivity index (χ1n) is 4.98. The van der Waals surface area contributed by atoms with Crippen LogP contribution in [0.2, 0.25) is 0 Å². The van der Waals surface area contributed by atoms with E-state index in [1.165, 1.54) is 19.4 Å². The maximum Gasteiger partial charge on any atom is 0.158 e. The van der Waals surface area contributed by atoms with E-state index >= 15 is 0 Å². The van der Waals surface area contributed by atoms with Crippen molar-refractivity contribution in [2.24, 2.45) is 0 Å². The van der Waals surface area contributed by atoms with E-state index in [4.69, 9.17) is 0 Å². The topological polar surface area (TPSA) is 3.24 Å². The lowest BCUT2D eigenvalue weighted by molar-refractivity contribution is -0.861. The molecule has 1 heterocycles. The Hall–Kier alpha value is -0.500. The van der Waals surface area contributed by atoms with Gasteiger partial charge in [0.25, 0.3) is 0 Å². The van der Waals surface area contributed by atoms with Gasteiger partial charge < -0.3 is 4.90 Å². The van der Waals surface area contributed by atoms with Crippen LogP contribution in [0, 0.1) is 0 Å². The smallest absolute Gasteiger partial charge is 0.158 e. The van der Waals surface area contributed by atoms with Crippen molar-refractivity contribution in [1.29, 1.82) is 0 Å². The van der Waals surface area contributed by atoms with E-state index in [0.29, 0.717) is 0 Å². The van der Waals surface area contributed by atoms with E-state index in [0.717, 1.165) is 17.7 Å². The number of quaternary nitrogens is 1. The van der Waals surface area contributed by atoms with E-state index in [2.05, 4.69) is 38.2 Å². The van der Waals surface area contributed by atoms with Gasteiger partial charge in [0.05, 0.1) is 19.8 Å². The largest absolute Gasteiger partial charge is 0.326 e. The quantitative estimate of drug-likeness (QED) is 0.582. The van der Waals surface area contributed by atoms with Crippen LogP contribution >= 0.6 is 0 Å². The summed E-state index contributed by atoms with van der Waals surface area (Å²) >= 11 is 0. The summed E-state index contributed by atoms with van der Waals surface area (Å²) in [5, 5.41) is 0. The minimum Gasteiger partial charge on any atom is -0.326 e. The average molecular weight is 169 g/mol. The molecule has 0 aromatic rings. The lowest BCUT2D eigenvalue weighted by atomic mass is 10.3. The van der Waals surface area contributed by atoms with Crippen molar-refractivity contribution in [2.45, 2.75) is 26.7 Å². The molecule has 0 radical (unpaired) electrons. The molecule has 0 saturated carbocycles. The van der Waals surface area contributed by atoms with Crippen LogP contribution in [0.3, 0.4) is 0 Å². The van der Waals surface area contributed by atoms with Crippen LogP contribution in [0.15, 0.2) is 12.4 Å². The summed E-state index contributed by atoms with van der Waals surface area (Å²) in [4.78, 5) is 2.37. The van der Waals surface area contributed by atoms with Gasteiger partial charge in [-0.15, -0.1) is 0 Å². The molecule has 0 fully saturated rings. The third-order valence-electron chi connectivity index (χ3n) is 2.57. The highest BCUT2D eigenvalue weighted by Gasteiger charge is 2.25. The first-order chi connectivity index (χ1) is 5.70. The predicted molar refractivity (Wildman–Crippen MR) is 52.3 cm³/mol. The van der Waals surface area contributed by atoms with Gasteiger partial charge >= 0.3 is 0 Å². The molecule has 0 amide bonds. The van der Waals surface area contributed by atoms with Gasteiger partial charge in [0.2, 0.25) is 0 Å². The maximum absolute atomic E-state index is 2.37. The lowest BCUT2D eigenvalue weighted by Gasteiger charge is -2.28. The fraction of sp³-hybridized carbons (Fsp3) is 0.800. The molecule has 0 aliphatic carbocycles. The summed E-state index contributed by atoms with van der Waals surface area (Å²) in [6.07, 6.45) is 7.18. The Balaban J connectivity index is 2.37. The van der Waals surface area contributed by atoms with Crippen LogP contribution in [0.1, 0.15) is 26.7 Å². The van der Waals surface area contributed by atoms with Crippen molar-refractivity contribution in [3.63, 3.8) is 0 Å². The van der Waals surface area contributed by atoms with Gasteiger partial charge in [0, 0.05) is 6.54 Å². The van der Waals surface area contributed by atoms with Crippen molar-refractivity contribution in [1.82, 2.24) is 4.90 Å². The van der Waals surface area contributed by atoms with E-state index < -0.39 is 0 Å². The third-order valence-corrected chi connectivity index (χ3v) is 2.57. The molecule has 0 saturated heterocycles. The first kappa shape index (κ1) is 9.59. The zero-order valence-corrected chi connectivity index (χ0v) is 8.58. The Bertz CT molecular complexity index is 165. The van der Waals surface area contributed by atoms with Gasteiger partial charge in [-0.1, -0.05) is 13.3 Å². The Morgan fingerprint density at radius 3 is 2.67 bits per heavy atom. The minimum absolute atomic E-state index is 1.10. The van der Waals surface area contributed by atoms with E-state index in [-0.39, 0.29) is 0 Å². The number of rotatable bonds is 4. The van der Waals surface area contributed by atoms with Crippen molar-refractivity contribution < 1.29 is 4.48 Å². The van der Waals surface area contributed by atoms with Crippen LogP contribution < -0.4 is 0 Å². The molecule has 1 unspecified atom stereocenters. The summed E-state index contributed by atoms with van der Waals surface area (Å²) < 4.78 is 1.10. The summed E-state index contributed by atoms with van der Waals surface area (Å²) in [5.74, 6) is 0. The van der Waals surface area contributed by atoms with Crippen molar-refractivity contribution in [3.8, 4) is 0 Å². The SMILES string of the molecule is CCCC[N+]1(C)C=CN(CC)C1. The Morgan fingerprint density at radius 1 is 1.42 bits per heavy atom. The highest BCUT2D eigenvalue weighted by atomic mass is 15.5. The lowest BCUT2D eigenvalue weighted by Crippen LogP contribution is -2.41. The molecule has 0 bridgehead atoms. The Kier molecular flexibility index (Phi) is 3.15. The zero-order chi connectivity index (χ0) is 9.03. The molecule has 12 heavy (non-hydrogen) atoms. The van der Waals surface area contributed by atoms with Crippen LogP contribution in [0.5, 0.6) is 0 Å². The molecular formula is C10H21N2+. The number of nitrogens with zero attached hydrogens (tertiary/aromatic N) is 2. The van der Waals surface area contributed by atoms with Gasteiger partial charge in [-0.3, -0.25) is 4.48 Å². The maximum atomic E-state index is 2.37. The van der Waals surface area contributed by atoms with Crippen molar-refractivity contribution >= 4 is 0 Å². The first-order valence-corrected chi connectivity index (χ1v) is 4.98. The van der Waals surface area contributed by atoms with Crippen LogP contribution in [0.25, 0.3) is 0 Å². The predicted octanol–water partition coefficient (Wildman–Crippen LogP) is 2.00. The number of hydrogen-bond acceptors (Lipinski definition) is 1. The van der Waals surface area contributed by atoms with Crippen LogP contribution in [-0.2, 0) is 0 Å². The second kappa shape index (κ2) is 3.94. The highest BCUT2D eigenvalue weighted by molar-refractivity contribution is 4.80. The van der Waals surface area contributed by atoms with Gasteiger partial charge in [0.1, 0.15) is 6.20 Å². The molecular weight excluding hydrogens is 148 g/mol. The number of hydrogen-bond donors (Lipinski definition) is 0. The normalized spacial score (nSPS) is 28.4. The van der Waals surface area contributed by atoms with Crippen LogP contribution in [0.4, 0.5) is 0 Å². The van der Waals surface area contributed by atoms with Crippen molar-refractivity contribution in [3.05, 3.63) is 12.4 Å². The van der Waals surface area contributed by atoms with Crippen LogP contribution in [-0.4, -0.2) is 36.2 Å². The summed E-state index contributed by atoms with van der Waals surface area (Å²) in [6.45, 7) is 8.04. The van der Waals surface area contributed by atoms with E-state index in [9.17, 15) is 0 Å². The average Bonchev–Trinajstić information content (AvgIpc) is 2.45. The fourth-order valence-corrected chi connectivity index (χ4v) is 1.63. The zero-order valence-electron chi connectivity index (χ0n) is 8.58. The van der Waals surface area contributed by atoms with E-state index in [1.807, 2.05) is 0 Å². The van der Waals surface area contributed by atoms with Gasteiger partial charge in [-0.05, 0) is 13.3 Å². The molecule has 0 N–H and O–H groups in total. The monoisotopic (exact) mass is 169 g/mol. The Morgan fingerprint density at radius 2 is 2.17 bits per heavy atom. The minimum atomic E-state index is 1.10. The van der Waals surface area contributed by atoms with Gasteiger partial charge in [-0.25, -0.2) is 0 Å².